The van der Waals surface area contributed by atoms with Crippen molar-refractivity contribution in [1.82, 2.24) is 87.4 Å². The van der Waals surface area contributed by atoms with Crippen molar-refractivity contribution in [3.8, 4) is 0 Å². The Kier molecular flexibility index (Phi) is 26.8. The van der Waals surface area contributed by atoms with Gasteiger partial charge in [0.25, 0.3) is 0 Å². The molecule has 2 aromatic heterocycles. The lowest BCUT2D eigenvalue weighted by atomic mass is 10.0. The average Bonchev–Trinajstić information content (AvgIpc) is 1.63. The highest BCUT2D eigenvalue weighted by molar-refractivity contribution is 8.00. The van der Waals surface area contributed by atoms with Crippen molar-refractivity contribution in [3.05, 3.63) is 90.0 Å². The molecule has 0 saturated carbocycles. The van der Waals surface area contributed by atoms with Crippen LogP contribution in [0.1, 0.15) is 116 Å². The van der Waals surface area contributed by atoms with Crippen LogP contribution >= 0.6 is 35.3 Å². The maximum Gasteiger partial charge on any atom is 0.315 e. The minimum atomic E-state index is -1.10. The molecule has 3 aromatic carbocycles. The number of aromatic nitrogens is 8. The van der Waals surface area contributed by atoms with E-state index in [0.29, 0.717) is 104 Å². The van der Waals surface area contributed by atoms with E-state index in [9.17, 15) is 33.6 Å². The first-order valence-electron chi connectivity index (χ1n) is 32.7. The van der Waals surface area contributed by atoms with Gasteiger partial charge in [-0.25, -0.2) is 14.2 Å². The molecule has 508 valence electrons. The highest BCUT2D eigenvalue weighted by atomic mass is 32.2. The first-order valence-corrected chi connectivity index (χ1v) is 35.4. The molecule has 4 saturated heterocycles. The summed E-state index contributed by atoms with van der Waals surface area (Å²) < 4.78 is 16.6. The minimum Gasteiger partial charge on any atom is -0.371 e. The zero-order valence-electron chi connectivity index (χ0n) is 54.4. The summed E-state index contributed by atoms with van der Waals surface area (Å²) in [6.07, 6.45) is 6.40. The SMILES string of the molecule is CN[C@@H](C)C(=O)N[C@H](C(=O)N1CCC[C@H]1Cn1nnnc1Sc1ccccc1)[C@@H](C)OCc1cc(CO[C@H](C)[C@H](NC(=O)[C@H](C)NC)C(=O)N2CCC[C@H]2Cn2nnnc2Sc2ccccc2)cc(NC(=O)CCCCCNC(=O)CCCC[C@@H]2SC[C@@H]3NC(=O)N[C@@H]32)c1. The number of likely N-dealkylation sites (tertiary alicyclic amines) is 2. The third kappa shape index (κ3) is 20.2. The van der Waals surface area contributed by atoms with Gasteiger partial charge in [-0.05, 0) is 185 Å². The zero-order chi connectivity index (χ0) is 66.5. The van der Waals surface area contributed by atoms with Gasteiger partial charge < -0.3 is 61.8 Å². The van der Waals surface area contributed by atoms with E-state index >= 15 is 0 Å². The molecule has 4 aliphatic rings. The number of rotatable bonds is 36. The van der Waals surface area contributed by atoms with Crippen molar-refractivity contribution < 1.29 is 43.0 Å². The lowest BCUT2D eigenvalue weighted by Gasteiger charge is -2.33. The van der Waals surface area contributed by atoms with Gasteiger partial charge in [-0.15, -0.1) is 10.2 Å². The van der Waals surface area contributed by atoms with E-state index in [4.69, 9.17) is 9.47 Å². The van der Waals surface area contributed by atoms with Crippen LogP contribution in [-0.4, -0.2) is 197 Å². The van der Waals surface area contributed by atoms with Gasteiger partial charge in [0, 0.05) is 59.0 Å². The lowest BCUT2D eigenvalue weighted by molar-refractivity contribution is -0.142. The molecule has 0 spiro atoms. The van der Waals surface area contributed by atoms with Gasteiger partial charge in [-0.3, -0.25) is 28.8 Å². The highest BCUT2D eigenvalue weighted by Crippen LogP contribution is 2.34. The predicted molar refractivity (Wildman–Crippen MR) is 356 cm³/mol. The number of urea groups is 1. The Morgan fingerprint density at radius 3 is 1.68 bits per heavy atom. The number of anilines is 1. The lowest BCUT2D eigenvalue weighted by Crippen LogP contribution is -2.58. The molecule has 9 rings (SSSR count). The maximum absolute atomic E-state index is 14.9. The van der Waals surface area contributed by atoms with Gasteiger partial charge in [0.1, 0.15) is 12.1 Å². The fraction of sp³-hybridized carbons (Fsp3) is 0.578. The van der Waals surface area contributed by atoms with E-state index in [2.05, 4.69) is 73.6 Å². The van der Waals surface area contributed by atoms with Crippen LogP contribution in [0.2, 0.25) is 0 Å². The molecule has 30 heteroatoms. The molecule has 4 fully saturated rings. The van der Waals surface area contributed by atoms with Crippen molar-refractivity contribution in [1.29, 1.82) is 0 Å². The van der Waals surface area contributed by atoms with Crippen LogP contribution in [0, 0.1) is 0 Å². The molecule has 11 atom stereocenters. The predicted octanol–water partition coefficient (Wildman–Crippen LogP) is 4.68. The van der Waals surface area contributed by atoms with Crippen LogP contribution in [0.25, 0.3) is 0 Å². The van der Waals surface area contributed by atoms with Crippen LogP contribution in [0.3, 0.4) is 0 Å². The standard InChI is InChI=1S/C64H90N18O9S3/c1-40(65-5)58(85)70-55(60(87)79-30-18-20-47(79)35-81-63(73-75-77-81)93-49-22-10-7-11-23-49)42(3)90-37-44-32-45(34-46(33-44)68-54(84)28-14-9-17-29-67-53(83)27-16-15-26-52-57-51(39-92-52)69-62(89)72-57)38-91-43(4)56(71-59(86)41(2)66-6)61(88)80-31-19-21-48(80)36-82-64(74-76-78-82)94-50-24-12-8-13-25-50/h7-8,10-13,22-25,32-34,40-43,47-48,51-52,55-57,65-66H,9,14-21,26-31,35-39H2,1-6H3,(H,67,83)(H,68,84)(H,70,85)(H,71,86)(H2,69,72,89)/t40-,41-,42+,43+,47-,48-,51-,52-,55-,56-,57-/m0/s1. The fourth-order valence-corrected chi connectivity index (χ4v) is 15.1. The van der Waals surface area contributed by atoms with Crippen LogP contribution in [0.5, 0.6) is 0 Å². The third-order valence-corrected chi connectivity index (χ3v) is 21.0. The molecule has 5 aromatic rings. The van der Waals surface area contributed by atoms with Gasteiger partial charge in [-0.1, -0.05) is 55.3 Å². The molecule has 0 radical (unpaired) electrons. The number of amides is 8. The van der Waals surface area contributed by atoms with Crippen molar-refractivity contribution in [2.24, 2.45) is 0 Å². The van der Waals surface area contributed by atoms with E-state index in [0.717, 1.165) is 47.6 Å². The molecule has 94 heavy (non-hydrogen) atoms. The number of unbranched alkanes of at least 4 members (excludes halogenated alkanes) is 3. The summed E-state index contributed by atoms with van der Waals surface area (Å²) in [4.78, 5) is 101. The molecule has 27 nitrogen and oxygen atoms in total. The summed E-state index contributed by atoms with van der Waals surface area (Å²) in [5.74, 6) is -0.714. The van der Waals surface area contributed by atoms with Crippen molar-refractivity contribution in [3.63, 3.8) is 0 Å². The minimum absolute atomic E-state index is 0.000929. The van der Waals surface area contributed by atoms with Gasteiger partial charge >= 0.3 is 6.03 Å². The first-order chi connectivity index (χ1) is 45.5. The Balaban J connectivity index is 0.861. The number of hydrogen-bond acceptors (Lipinski definition) is 20. The van der Waals surface area contributed by atoms with E-state index in [-0.39, 0.29) is 85.3 Å². The molecule has 8 amide bonds. The Hall–Kier alpha value is -7.22. The topological polar surface area (TPSA) is 328 Å². The van der Waals surface area contributed by atoms with Crippen molar-refractivity contribution >= 4 is 82.4 Å². The molecular formula is C64H90N18O9S3. The number of likely N-dealkylation sites (N-methyl/N-ethyl adjacent to an activating group) is 2. The molecule has 0 unspecified atom stereocenters. The summed E-state index contributed by atoms with van der Waals surface area (Å²) >= 11 is 4.72. The Morgan fingerprint density at radius 2 is 1.16 bits per heavy atom. The number of thioether (sulfide) groups is 1. The summed E-state index contributed by atoms with van der Waals surface area (Å²) in [5.41, 5.74) is 1.70. The van der Waals surface area contributed by atoms with Crippen LogP contribution in [0.15, 0.2) is 99.0 Å². The number of tetrazole rings is 2. The maximum atomic E-state index is 14.9. The number of hydrogen-bond donors (Lipinski definition) is 8. The van der Waals surface area contributed by atoms with Crippen molar-refractivity contribution in [2.75, 3.05) is 44.8 Å². The van der Waals surface area contributed by atoms with E-state index in [1.165, 1.54) is 23.5 Å². The second-order valence-corrected chi connectivity index (χ2v) is 27.8. The molecule has 8 N–H and O–H groups in total. The second-order valence-electron chi connectivity index (χ2n) is 24.4. The smallest absolute Gasteiger partial charge is 0.315 e. The number of benzene rings is 3. The monoisotopic (exact) mass is 1350 g/mol. The number of nitrogens with zero attached hydrogens (tertiary/aromatic N) is 10. The van der Waals surface area contributed by atoms with Gasteiger partial charge in [0.05, 0.1) is 74.8 Å². The zero-order valence-corrected chi connectivity index (χ0v) is 56.8. The first kappa shape index (κ1) is 71.1. The van der Waals surface area contributed by atoms with Gasteiger partial charge in [0.2, 0.25) is 45.8 Å². The quantitative estimate of drug-likeness (QED) is 0.0199. The summed E-state index contributed by atoms with van der Waals surface area (Å²) in [7, 11) is 3.34. The number of carbonyl (C=O) groups is 7. The molecule has 4 aliphatic heterocycles. The summed E-state index contributed by atoms with van der Waals surface area (Å²) in [6, 6.07) is 21.2. The van der Waals surface area contributed by atoms with E-state index in [1.807, 2.05) is 78.5 Å². The van der Waals surface area contributed by atoms with Crippen molar-refractivity contribution in [2.45, 2.75) is 217 Å². The molecule has 0 aliphatic carbocycles. The number of carbonyl (C=O) groups excluding carboxylic acids is 7. The van der Waals surface area contributed by atoms with Crippen LogP contribution < -0.4 is 42.5 Å². The van der Waals surface area contributed by atoms with Crippen LogP contribution in [-0.2, 0) is 64.5 Å². The molecule has 0 bridgehead atoms. The van der Waals surface area contributed by atoms with Gasteiger partial charge in [-0.2, -0.15) is 11.8 Å². The summed E-state index contributed by atoms with van der Waals surface area (Å²) in [5, 5.41) is 50.5. The number of ether oxygens (including phenoxy) is 2. The highest BCUT2D eigenvalue weighted by Gasteiger charge is 2.43. The second kappa shape index (κ2) is 35.5. The molecule has 6 heterocycles. The largest absolute Gasteiger partial charge is 0.371 e. The Labute approximate surface area is 561 Å². The average molecular weight is 1350 g/mol. The Bertz CT molecular complexity index is 3150. The number of fused-ring (bicyclic) bond motifs is 1. The van der Waals surface area contributed by atoms with E-state index < -0.39 is 36.4 Å². The van der Waals surface area contributed by atoms with Gasteiger partial charge in [0.15, 0.2) is 0 Å². The Morgan fingerprint density at radius 1 is 0.649 bits per heavy atom. The van der Waals surface area contributed by atoms with E-state index in [1.54, 1.807) is 73.1 Å². The third-order valence-electron chi connectivity index (χ3n) is 17.6. The van der Waals surface area contributed by atoms with Crippen LogP contribution in [0.4, 0.5) is 10.5 Å². The fourth-order valence-electron chi connectivity index (χ4n) is 12.0. The summed E-state index contributed by atoms with van der Waals surface area (Å²) in [6.45, 7) is 8.91. The number of nitrogens with one attached hydrogen (secondary N) is 8. The molecular weight excluding hydrogens is 1260 g/mol. The normalized spacial score (nSPS) is 20.3.